The molecule has 0 atom stereocenters. The summed E-state index contributed by atoms with van der Waals surface area (Å²) >= 11 is 0. The Hall–Kier alpha value is -3.36. The van der Waals surface area contributed by atoms with Gasteiger partial charge in [0.1, 0.15) is 0 Å². The minimum absolute atomic E-state index is 0.595. The molecule has 0 N–H and O–H groups in total. The largest absolute Gasteiger partial charge is 0.239 e. The Kier molecular flexibility index (Phi) is 4.15. The summed E-state index contributed by atoms with van der Waals surface area (Å²) in [5.41, 5.74) is 4.91. The number of allylic oxidation sites excluding steroid dienone is 8. The highest BCUT2D eigenvalue weighted by atomic mass is 14.8. The van der Waals surface area contributed by atoms with Crippen molar-refractivity contribution in [2.45, 2.75) is 13.8 Å². The molecular formula is C22H16N2. The second-order valence-electron chi connectivity index (χ2n) is 5.68. The molecule has 3 rings (SSSR count). The van der Waals surface area contributed by atoms with Crippen molar-refractivity contribution < 1.29 is 0 Å². The van der Waals surface area contributed by atoms with Crippen LogP contribution in [0.2, 0.25) is 0 Å². The minimum atomic E-state index is 0.595. The molecule has 24 heavy (non-hydrogen) atoms. The van der Waals surface area contributed by atoms with Crippen LogP contribution in [-0.4, -0.2) is 0 Å². The monoisotopic (exact) mass is 308 g/mol. The highest BCUT2D eigenvalue weighted by Crippen LogP contribution is 2.38. The Morgan fingerprint density at radius 2 is 1.12 bits per heavy atom. The summed E-state index contributed by atoms with van der Waals surface area (Å²) in [4.78, 5) is 7.34. The van der Waals surface area contributed by atoms with Gasteiger partial charge in [0.2, 0.25) is 0 Å². The Labute approximate surface area is 142 Å². The predicted molar refractivity (Wildman–Crippen MR) is 98.5 cm³/mol. The summed E-state index contributed by atoms with van der Waals surface area (Å²) < 4.78 is 0. The van der Waals surface area contributed by atoms with Crippen molar-refractivity contribution in [2.24, 2.45) is 0 Å². The molecule has 0 fully saturated rings. The molecule has 0 aromatic heterocycles. The van der Waals surface area contributed by atoms with Gasteiger partial charge in [-0.05, 0) is 21.6 Å². The fourth-order valence-corrected chi connectivity index (χ4v) is 2.92. The molecule has 0 spiro atoms. The van der Waals surface area contributed by atoms with E-state index in [-0.39, 0.29) is 0 Å². The number of rotatable bonds is 0. The van der Waals surface area contributed by atoms with Gasteiger partial charge in [0.15, 0.2) is 11.4 Å². The maximum atomic E-state index is 7.48. The fraction of sp³-hybridized carbons (Fsp3) is 0.0909. The normalized spacial score (nSPS) is 16.5. The lowest BCUT2D eigenvalue weighted by Crippen LogP contribution is -2.12. The number of hydrogen-bond donors (Lipinski definition) is 0. The predicted octanol–water partition coefficient (Wildman–Crippen LogP) is 4.07. The van der Waals surface area contributed by atoms with E-state index >= 15 is 0 Å². The van der Waals surface area contributed by atoms with E-state index in [1.807, 2.05) is 62.4 Å². The van der Waals surface area contributed by atoms with Gasteiger partial charge in [-0.3, -0.25) is 0 Å². The van der Waals surface area contributed by atoms with Gasteiger partial charge in [-0.25, -0.2) is 9.69 Å². The van der Waals surface area contributed by atoms with Gasteiger partial charge < -0.3 is 0 Å². The maximum absolute atomic E-state index is 7.48. The molecule has 114 valence electrons. The van der Waals surface area contributed by atoms with E-state index in [0.717, 1.165) is 32.7 Å². The smallest absolute Gasteiger partial charge is 0.186 e. The first-order valence-electron chi connectivity index (χ1n) is 7.71. The van der Waals surface area contributed by atoms with Crippen LogP contribution >= 0.6 is 0 Å². The van der Waals surface area contributed by atoms with E-state index in [9.17, 15) is 0 Å². The summed E-state index contributed by atoms with van der Waals surface area (Å²) in [6.45, 7) is 18.8. The summed E-state index contributed by atoms with van der Waals surface area (Å²) in [5.74, 6) is 0. The quantitative estimate of drug-likeness (QED) is 0.639. The van der Waals surface area contributed by atoms with Crippen LogP contribution in [0, 0.1) is 13.1 Å². The summed E-state index contributed by atoms with van der Waals surface area (Å²) in [7, 11) is 0. The van der Waals surface area contributed by atoms with Crippen molar-refractivity contribution in [2.75, 3.05) is 0 Å². The molecule has 1 aromatic carbocycles. The number of nitrogens with zero attached hydrogens (tertiary/aromatic N) is 2. The number of hydrogen-bond acceptors (Lipinski definition) is 0. The van der Waals surface area contributed by atoms with E-state index < -0.39 is 0 Å². The molecule has 0 aliphatic heterocycles. The molecule has 1 aromatic rings. The van der Waals surface area contributed by atoms with Crippen LogP contribution in [0.15, 0.2) is 83.3 Å². The van der Waals surface area contributed by atoms with Gasteiger partial charge in [-0.15, -0.1) is 0 Å². The third-order valence-corrected chi connectivity index (χ3v) is 4.36. The van der Waals surface area contributed by atoms with Crippen LogP contribution < -0.4 is 10.4 Å². The van der Waals surface area contributed by atoms with Crippen LogP contribution in [0.25, 0.3) is 20.8 Å². The second kappa shape index (κ2) is 6.41. The van der Waals surface area contributed by atoms with Gasteiger partial charge in [0.25, 0.3) is 0 Å². The standard InChI is InChI=1S/C22H16N2/c1-15-16(2)22(24-4)20(21(15)23-3)19-13-11-18(12-14-19)17-9-7-5-6-8-10-17/h5-14H,1-2H3. The Balaban J connectivity index is 2.25. The van der Waals surface area contributed by atoms with Gasteiger partial charge in [0.05, 0.1) is 13.1 Å². The van der Waals surface area contributed by atoms with Gasteiger partial charge in [0, 0.05) is 0 Å². The Morgan fingerprint density at radius 3 is 1.58 bits per heavy atom. The molecule has 0 bridgehead atoms. The molecule has 2 heteroatoms. The van der Waals surface area contributed by atoms with Crippen LogP contribution in [0.4, 0.5) is 0 Å². The number of benzene rings is 1. The Bertz CT molecular complexity index is 993. The van der Waals surface area contributed by atoms with Crippen LogP contribution in [0.5, 0.6) is 0 Å². The lowest BCUT2D eigenvalue weighted by atomic mass is 10.1. The summed E-state index contributed by atoms with van der Waals surface area (Å²) in [5, 5.41) is 2.04. The lowest BCUT2D eigenvalue weighted by molar-refractivity contribution is 1.34. The zero-order chi connectivity index (χ0) is 17.1. The van der Waals surface area contributed by atoms with E-state index in [2.05, 4.69) is 21.8 Å². The van der Waals surface area contributed by atoms with Crippen molar-refractivity contribution in [1.29, 1.82) is 0 Å². The first-order valence-corrected chi connectivity index (χ1v) is 7.71. The van der Waals surface area contributed by atoms with Crippen molar-refractivity contribution in [3.8, 4) is 0 Å². The molecule has 2 aliphatic rings. The van der Waals surface area contributed by atoms with Crippen molar-refractivity contribution in [1.82, 2.24) is 0 Å². The average Bonchev–Trinajstić information content (AvgIpc) is 2.80. The minimum Gasteiger partial charge on any atom is -0.239 e. The van der Waals surface area contributed by atoms with Crippen molar-refractivity contribution in [3.63, 3.8) is 0 Å². The molecule has 2 aliphatic carbocycles. The van der Waals surface area contributed by atoms with Crippen LogP contribution in [0.1, 0.15) is 13.8 Å². The summed E-state index contributed by atoms with van der Waals surface area (Å²) in [6, 6.07) is 8.09. The zero-order valence-corrected chi connectivity index (χ0v) is 13.7. The molecule has 0 saturated carbocycles. The van der Waals surface area contributed by atoms with Crippen molar-refractivity contribution in [3.05, 3.63) is 117 Å². The lowest BCUT2D eigenvalue weighted by Gasteiger charge is -2.01. The molecular weight excluding hydrogens is 292 g/mol. The van der Waals surface area contributed by atoms with Gasteiger partial charge in [-0.1, -0.05) is 85.7 Å². The average molecular weight is 308 g/mol. The molecule has 0 radical (unpaired) electrons. The molecule has 2 nitrogen and oxygen atoms in total. The molecule has 0 saturated heterocycles. The molecule has 0 heterocycles. The van der Waals surface area contributed by atoms with E-state index in [0.29, 0.717) is 11.4 Å². The Morgan fingerprint density at radius 1 is 0.667 bits per heavy atom. The third-order valence-electron chi connectivity index (χ3n) is 4.36. The highest BCUT2D eigenvalue weighted by Gasteiger charge is 2.25. The highest BCUT2D eigenvalue weighted by molar-refractivity contribution is 5.89. The maximum Gasteiger partial charge on any atom is 0.186 e. The van der Waals surface area contributed by atoms with Crippen LogP contribution in [-0.2, 0) is 0 Å². The van der Waals surface area contributed by atoms with E-state index in [4.69, 9.17) is 13.1 Å². The van der Waals surface area contributed by atoms with E-state index in [1.165, 1.54) is 0 Å². The molecule has 0 amide bonds. The topological polar surface area (TPSA) is 8.72 Å². The van der Waals surface area contributed by atoms with Crippen molar-refractivity contribution >= 4 is 11.1 Å². The van der Waals surface area contributed by atoms with Gasteiger partial charge in [-0.2, -0.15) is 0 Å². The third kappa shape index (κ3) is 2.56. The second-order valence-corrected chi connectivity index (χ2v) is 5.68. The summed E-state index contributed by atoms with van der Waals surface area (Å²) in [6.07, 6.45) is 12.2. The zero-order valence-electron chi connectivity index (χ0n) is 13.7. The first-order chi connectivity index (χ1) is 11.7. The molecule has 0 unspecified atom stereocenters. The van der Waals surface area contributed by atoms with Gasteiger partial charge >= 0.3 is 0 Å². The van der Waals surface area contributed by atoms with E-state index in [1.54, 1.807) is 0 Å². The first kappa shape index (κ1) is 15.5. The van der Waals surface area contributed by atoms with Crippen LogP contribution in [0.3, 0.4) is 0 Å². The fourth-order valence-electron chi connectivity index (χ4n) is 2.92. The SMILES string of the molecule is [C-]#[N+]C1=C(C)C(C)=C([N+]#[C-])C1=c1ccc(=C2C=CC=CC=C2)cc1.